The summed E-state index contributed by atoms with van der Waals surface area (Å²) >= 11 is 1.50. The van der Waals surface area contributed by atoms with Gasteiger partial charge >= 0.3 is 0 Å². The van der Waals surface area contributed by atoms with E-state index in [0.29, 0.717) is 13.0 Å². The van der Waals surface area contributed by atoms with Crippen LogP contribution in [0.25, 0.3) is 0 Å². The maximum Gasteiger partial charge on any atom is 0.226 e. The Morgan fingerprint density at radius 3 is 3.00 bits per heavy atom. The molecule has 1 heterocycles. The van der Waals surface area contributed by atoms with Gasteiger partial charge in [0.15, 0.2) is 0 Å². The second kappa shape index (κ2) is 5.82. The predicted molar refractivity (Wildman–Crippen MR) is 61.6 cm³/mol. The Hall–Kier alpha value is -0.940. The van der Waals surface area contributed by atoms with Crippen molar-refractivity contribution in [2.24, 2.45) is 5.73 Å². The van der Waals surface area contributed by atoms with Crippen molar-refractivity contribution < 1.29 is 4.79 Å². The highest BCUT2D eigenvalue weighted by atomic mass is 32.1. The van der Waals surface area contributed by atoms with Crippen LogP contribution in [0.2, 0.25) is 0 Å². The number of hydrogen-bond donors (Lipinski definition) is 2. The monoisotopic (exact) mass is 227 g/mol. The molecule has 1 atom stereocenters. The number of thiazole rings is 1. The summed E-state index contributed by atoms with van der Waals surface area (Å²) in [6, 6.07) is 0.227. The first kappa shape index (κ1) is 12.1. The normalized spacial score (nSPS) is 12.5. The number of aromatic nitrogens is 1. The van der Waals surface area contributed by atoms with Crippen molar-refractivity contribution in [3.63, 3.8) is 0 Å². The number of rotatable bonds is 5. The molecule has 0 spiro atoms. The van der Waals surface area contributed by atoms with Crippen LogP contribution in [0.5, 0.6) is 0 Å². The van der Waals surface area contributed by atoms with E-state index in [9.17, 15) is 4.79 Å². The fraction of sp³-hybridized carbons (Fsp3) is 0.600. The maximum atomic E-state index is 11.5. The van der Waals surface area contributed by atoms with Crippen molar-refractivity contribution in [3.05, 3.63) is 16.1 Å². The molecule has 1 unspecified atom stereocenters. The van der Waals surface area contributed by atoms with Gasteiger partial charge in [0.1, 0.15) is 5.01 Å². The Bertz CT molecular complexity index is 324. The topological polar surface area (TPSA) is 68.0 Å². The van der Waals surface area contributed by atoms with E-state index in [1.807, 2.05) is 19.2 Å². The third-order valence-electron chi connectivity index (χ3n) is 2.14. The molecule has 0 aliphatic heterocycles. The lowest BCUT2D eigenvalue weighted by Gasteiger charge is -2.10. The molecule has 84 valence electrons. The Kier molecular flexibility index (Phi) is 4.71. The molecule has 0 aliphatic rings. The molecular weight excluding hydrogens is 210 g/mol. The van der Waals surface area contributed by atoms with Gasteiger partial charge in [0.2, 0.25) is 5.91 Å². The number of nitrogens with two attached hydrogens (primary N) is 1. The summed E-state index contributed by atoms with van der Waals surface area (Å²) in [7, 11) is 0. The Balaban J connectivity index is 2.44. The van der Waals surface area contributed by atoms with Gasteiger partial charge in [-0.2, -0.15) is 0 Å². The predicted octanol–water partition coefficient (Wildman–Crippen LogP) is 1.06. The summed E-state index contributed by atoms with van der Waals surface area (Å²) in [4.78, 5) is 15.7. The molecule has 0 bridgehead atoms. The van der Waals surface area contributed by atoms with Gasteiger partial charge in [-0.1, -0.05) is 6.92 Å². The van der Waals surface area contributed by atoms with Crippen molar-refractivity contribution in [1.82, 2.24) is 10.3 Å². The molecule has 1 aromatic rings. The Morgan fingerprint density at radius 2 is 2.47 bits per heavy atom. The average Bonchev–Trinajstić information content (AvgIpc) is 2.65. The van der Waals surface area contributed by atoms with Crippen molar-refractivity contribution >= 4 is 17.2 Å². The average molecular weight is 227 g/mol. The molecule has 0 radical (unpaired) electrons. The van der Waals surface area contributed by atoms with E-state index in [4.69, 9.17) is 5.73 Å². The van der Waals surface area contributed by atoms with E-state index in [0.717, 1.165) is 17.1 Å². The highest BCUT2D eigenvalue weighted by molar-refractivity contribution is 7.09. The third-order valence-corrected chi connectivity index (χ3v) is 3.06. The second-order valence-electron chi connectivity index (χ2n) is 3.49. The van der Waals surface area contributed by atoms with Gasteiger partial charge in [-0.3, -0.25) is 4.79 Å². The lowest BCUT2D eigenvalue weighted by Crippen LogP contribution is -2.33. The van der Waals surface area contributed by atoms with Crippen LogP contribution in [0, 0.1) is 0 Å². The highest BCUT2D eigenvalue weighted by Crippen LogP contribution is 2.09. The molecule has 4 nitrogen and oxygen atoms in total. The molecule has 0 aromatic carbocycles. The van der Waals surface area contributed by atoms with Gasteiger partial charge in [-0.15, -0.1) is 11.3 Å². The molecular formula is C10H17N3OS. The van der Waals surface area contributed by atoms with Crippen LogP contribution in [0.3, 0.4) is 0 Å². The Labute approximate surface area is 93.9 Å². The molecule has 1 rings (SSSR count). The first-order chi connectivity index (χ1) is 7.15. The number of amides is 1. The lowest BCUT2D eigenvalue weighted by molar-refractivity contribution is -0.121. The molecule has 5 heteroatoms. The van der Waals surface area contributed by atoms with Crippen LogP contribution in [0.4, 0.5) is 0 Å². The van der Waals surface area contributed by atoms with Crippen molar-refractivity contribution in [1.29, 1.82) is 0 Å². The largest absolute Gasteiger partial charge is 0.353 e. The van der Waals surface area contributed by atoms with Gasteiger partial charge in [0.05, 0.1) is 12.1 Å². The second-order valence-corrected chi connectivity index (χ2v) is 4.43. The van der Waals surface area contributed by atoms with Crippen LogP contribution in [-0.4, -0.2) is 16.9 Å². The molecule has 15 heavy (non-hydrogen) atoms. The van der Waals surface area contributed by atoms with Gasteiger partial charge in [-0.25, -0.2) is 4.98 Å². The summed E-state index contributed by atoms with van der Waals surface area (Å²) in [5.41, 5.74) is 6.25. The van der Waals surface area contributed by atoms with E-state index in [1.54, 1.807) is 0 Å². The first-order valence-electron chi connectivity index (χ1n) is 5.08. The number of carbonyl (C=O) groups is 1. The molecule has 0 saturated carbocycles. The quantitative estimate of drug-likeness (QED) is 0.790. The third kappa shape index (κ3) is 3.97. The zero-order chi connectivity index (χ0) is 11.3. The minimum atomic E-state index is 0.0261. The van der Waals surface area contributed by atoms with Gasteiger partial charge in [0, 0.05) is 18.0 Å². The summed E-state index contributed by atoms with van der Waals surface area (Å²) in [6.45, 7) is 4.47. The smallest absolute Gasteiger partial charge is 0.226 e. The molecule has 0 fully saturated rings. The van der Waals surface area contributed by atoms with E-state index in [-0.39, 0.29) is 11.9 Å². The lowest BCUT2D eigenvalue weighted by atomic mass is 10.2. The van der Waals surface area contributed by atoms with Crippen molar-refractivity contribution in [2.45, 2.75) is 39.3 Å². The van der Waals surface area contributed by atoms with Gasteiger partial charge in [0.25, 0.3) is 0 Å². The van der Waals surface area contributed by atoms with E-state index in [2.05, 4.69) is 10.3 Å². The number of carbonyl (C=O) groups excluding carboxylic acids is 1. The van der Waals surface area contributed by atoms with E-state index < -0.39 is 0 Å². The molecule has 1 aromatic heterocycles. The van der Waals surface area contributed by atoms with Crippen LogP contribution >= 0.6 is 11.3 Å². The molecule has 0 aliphatic carbocycles. The van der Waals surface area contributed by atoms with Gasteiger partial charge in [-0.05, 0) is 13.3 Å². The number of hydrogen-bond acceptors (Lipinski definition) is 4. The van der Waals surface area contributed by atoms with Gasteiger partial charge < -0.3 is 11.1 Å². The van der Waals surface area contributed by atoms with E-state index >= 15 is 0 Å². The summed E-state index contributed by atoms with van der Waals surface area (Å²) in [5.74, 6) is 0.0261. The van der Waals surface area contributed by atoms with Crippen molar-refractivity contribution in [3.8, 4) is 0 Å². The van der Waals surface area contributed by atoms with E-state index in [1.165, 1.54) is 11.3 Å². The summed E-state index contributed by atoms with van der Waals surface area (Å²) in [6.07, 6.45) is 1.29. The van der Waals surface area contributed by atoms with Crippen LogP contribution in [0.15, 0.2) is 5.38 Å². The molecule has 3 N–H and O–H groups in total. The first-order valence-corrected chi connectivity index (χ1v) is 5.96. The molecule has 0 saturated heterocycles. The fourth-order valence-electron chi connectivity index (χ4n) is 1.12. The standard InChI is InChI=1S/C10H17N3OS/c1-3-7(2)12-9(14)4-8-6-15-10(5-11)13-8/h6-7H,3-5,11H2,1-2H3,(H,12,14). The fourth-order valence-corrected chi connectivity index (χ4v) is 1.79. The summed E-state index contributed by atoms with van der Waals surface area (Å²) < 4.78 is 0. The summed E-state index contributed by atoms with van der Waals surface area (Å²) in [5, 5.41) is 5.66. The number of nitrogens with one attached hydrogen (secondary N) is 1. The number of nitrogens with zero attached hydrogens (tertiary/aromatic N) is 1. The van der Waals surface area contributed by atoms with Crippen molar-refractivity contribution in [2.75, 3.05) is 0 Å². The minimum absolute atomic E-state index is 0.0261. The minimum Gasteiger partial charge on any atom is -0.353 e. The SMILES string of the molecule is CCC(C)NC(=O)Cc1csc(CN)n1. The zero-order valence-electron chi connectivity index (χ0n) is 9.12. The van der Waals surface area contributed by atoms with Crippen LogP contribution in [-0.2, 0) is 17.8 Å². The zero-order valence-corrected chi connectivity index (χ0v) is 9.93. The Morgan fingerprint density at radius 1 is 1.73 bits per heavy atom. The van der Waals surface area contributed by atoms with Crippen LogP contribution < -0.4 is 11.1 Å². The maximum absolute atomic E-state index is 11.5. The highest BCUT2D eigenvalue weighted by Gasteiger charge is 2.08. The molecule has 1 amide bonds. The van der Waals surface area contributed by atoms with Crippen LogP contribution in [0.1, 0.15) is 31.0 Å².